The lowest BCUT2D eigenvalue weighted by molar-refractivity contribution is -0.0608. The Hall–Kier alpha value is -4.41. The van der Waals surface area contributed by atoms with Gasteiger partial charge >= 0.3 is 35.3 Å². The van der Waals surface area contributed by atoms with Crippen molar-refractivity contribution >= 4 is 46.8 Å². The normalized spacial score (nSPS) is 28.9. The van der Waals surface area contributed by atoms with Crippen molar-refractivity contribution in [3.8, 4) is 0 Å². The summed E-state index contributed by atoms with van der Waals surface area (Å²) in [6.45, 7) is -0.860. The van der Waals surface area contributed by atoms with Crippen LogP contribution in [0.2, 0.25) is 0 Å². The zero-order valence-electron chi connectivity index (χ0n) is 31.3. The third-order valence-electron chi connectivity index (χ3n) is 9.63. The Morgan fingerprint density at radius 1 is 0.852 bits per heavy atom. The Kier molecular flexibility index (Phi) is 13.0. The van der Waals surface area contributed by atoms with Crippen LogP contribution in [0.3, 0.4) is 0 Å². The van der Waals surface area contributed by atoms with Crippen LogP contribution in [0.15, 0.2) is 44.0 Å². The fourth-order valence-corrected chi connectivity index (χ4v) is 8.97. The molecule has 332 valence electrons. The van der Waals surface area contributed by atoms with Gasteiger partial charge in [0.25, 0.3) is 11.1 Å². The van der Waals surface area contributed by atoms with Gasteiger partial charge in [0, 0.05) is 41.8 Å². The number of nitrogens with one attached hydrogen (secondary N) is 2. The molecule has 4 aromatic rings. The lowest BCUT2D eigenvalue weighted by Gasteiger charge is -2.24. The van der Waals surface area contributed by atoms with Crippen molar-refractivity contribution in [1.29, 1.82) is 0 Å². The number of aromatic amines is 2. The summed E-state index contributed by atoms with van der Waals surface area (Å²) in [6, 6.07) is 1.33. The maximum absolute atomic E-state index is 13.5. The predicted molar refractivity (Wildman–Crippen MR) is 200 cm³/mol. The summed E-state index contributed by atoms with van der Waals surface area (Å²) in [5.74, 6) is -0.295. The number of aliphatic hydroxyl groups is 1. The highest BCUT2D eigenvalue weighted by Crippen LogP contribution is 2.52. The second kappa shape index (κ2) is 17.8. The van der Waals surface area contributed by atoms with Crippen molar-refractivity contribution in [2.45, 2.75) is 81.5 Å². The number of aromatic nitrogens is 8. The number of phosphoric acid groups is 2. The molecule has 29 nitrogen and oxygen atoms in total. The van der Waals surface area contributed by atoms with E-state index in [1.807, 2.05) is 0 Å². The molecule has 3 aliphatic rings. The van der Waals surface area contributed by atoms with Crippen LogP contribution in [0.1, 0.15) is 43.5 Å². The van der Waals surface area contributed by atoms with E-state index in [1.54, 1.807) is 0 Å². The van der Waals surface area contributed by atoms with Crippen molar-refractivity contribution in [3.05, 3.63) is 72.0 Å². The van der Waals surface area contributed by atoms with E-state index >= 15 is 0 Å². The summed E-state index contributed by atoms with van der Waals surface area (Å²) in [7, 11) is -13.5. The molecule has 4 aromatic heterocycles. The van der Waals surface area contributed by atoms with Crippen LogP contribution < -0.4 is 34.0 Å². The number of H-pyrrole nitrogens is 2. The van der Waals surface area contributed by atoms with Crippen molar-refractivity contribution in [1.82, 2.24) is 38.6 Å². The van der Waals surface area contributed by atoms with Gasteiger partial charge in [-0.05, 0) is 13.0 Å². The zero-order valence-corrected chi connectivity index (χ0v) is 34.0. The van der Waals surface area contributed by atoms with Crippen LogP contribution in [0, 0.1) is 6.92 Å². The maximum atomic E-state index is 13.5. The minimum Gasteiger partial charge on any atom is -0.390 e. The standard InChI is InChI=1S/C29H37N10O19P3/c1-12-7-38(29(44)36-25(12)41)21-5-15(58-60(47,48)52-9-16-13(40)4-20(54-16)37-3-2-19(30)33-28(37)43)18(56-21)10-53-61(49,50)57-14-6-22(55-17(14)8-51-59(45)46)39-11-32-23-24(39)34-27(31)35-26(23)42/h2-3,7,11,13-18,20-22,40H,4-6,8-10H2,1H3,(H8-,30,31,33,34,35,36,41,42,43,44,45,46,47,48,49,50)/p+1/t13-,14-,15-,16+,17+,18+,20+,21+,22+/m0/s1. The SMILES string of the molecule is Cc1cn([C@H]2C[C@H](OP(=O)(O)OC[C@H]3O[C@@H](n4ccc(N)nc4=O)C[C@@H]3O)[C@@H](COP(=O)(O)O[C@H]3C[C@H](n4cnc5c(=O)[nH]c(N)nc54)O[C@@H]3CO[P+](=O)O)O2)c(=O)[nH]c1=O. The number of phosphoric ester groups is 2. The first kappa shape index (κ1) is 44.6. The molecule has 7 heterocycles. The molecule has 0 aliphatic carbocycles. The van der Waals surface area contributed by atoms with Crippen molar-refractivity contribution < 1.29 is 70.3 Å². The van der Waals surface area contributed by atoms with Gasteiger partial charge in [-0.25, -0.2) is 23.7 Å². The third-order valence-corrected chi connectivity index (χ3v) is 12.0. The summed E-state index contributed by atoms with van der Waals surface area (Å²) >= 11 is 0. The predicted octanol–water partition coefficient (Wildman–Crippen LogP) is -1.71. The Bertz CT molecular complexity index is 2640. The molecular weight excluding hydrogens is 885 g/mol. The van der Waals surface area contributed by atoms with Crippen molar-refractivity contribution in [2.24, 2.45) is 0 Å². The number of rotatable bonds is 16. The molecule has 7 rings (SSSR count). The topological polar surface area (TPSA) is 411 Å². The average molecular weight is 924 g/mol. The Morgan fingerprint density at radius 2 is 1.44 bits per heavy atom. The smallest absolute Gasteiger partial charge is 0.390 e. The van der Waals surface area contributed by atoms with E-state index in [2.05, 4.69) is 24.9 Å². The van der Waals surface area contributed by atoms with Gasteiger partial charge in [0.1, 0.15) is 61.6 Å². The van der Waals surface area contributed by atoms with Crippen LogP contribution in [0.5, 0.6) is 0 Å². The van der Waals surface area contributed by atoms with Crippen LogP contribution in [0.25, 0.3) is 11.2 Å². The summed E-state index contributed by atoms with van der Waals surface area (Å²) in [5, 5.41) is 10.6. The summed E-state index contributed by atoms with van der Waals surface area (Å²) in [4.78, 5) is 96.3. The number of nitrogen functional groups attached to an aromatic ring is 2. The number of ether oxygens (including phenoxy) is 3. The number of nitrogens with zero attached hydrogens (tertiary/aromatic N) is 6. The lowest BCUT2D eigenvalue weighted by Crippen LogP contribution is -2.33. The molecule has 3 unspecified atom stereocenters. The summed E-state index contributed by atoms with van der Waals surface area (Å²) in [5.41, 5.74) is 8.10. The molecule has 12 atom stereocenters. The average Bonchev–Trinajstić information content (AvgIpc) is 3.96. The second-order valence-electron chi connectivity index (χ2n) is 13.8. The highest BCUT2D eigenvalue weighted by Gasteiger charge is 2.47. The minimum atomic E-state index is -5.19. The van der Waals surface area contributed by atoms with Crippen LogP contribution in [0.4, 0.5) is 11.8 Å². The monoisotopic (exact) mass is 923 g/mol. The fraction of sp³-hybridized carbons (Fsp3) is 0.552. The number of aryl methyl sites for hydroxylation is 1. The van der Waals surface area contributed by atoms with Crippen molar-refractivity contribution in [3.63, 3.8) is 0 Å². The number of hydrogen-bond acceptors (Lipinski definition) is 21. The number of aliphatic hydroxyl groups excluding tert-OH is 1. The molecule has 0 amide bonds. The van der Waals surface area contributed by atoms with E-state index in [1.165, 1.54) is 30.1 Å². The third kappa shape index (κ3) is 10.3. The largest absolute Gasteiger partial charge is 0.694 e. The fourth-order valence-electron chi connectivity index (χ4n) is 6.77. The van der Waals surface area contributed by atoms with E-state index < -0.39 is 128 Å². The van der Waals surface area contributed by atoms with Gasteiger partial charge in [-0.2, -0.15) is 9.97 Å². The van der Waals surface area contributed by atoms with E-state index in [4.69, 9.17) is 48.3 Å². The highest BCUT2D eigenvalue weighted by molar-refractivity contribution is 7.47. The van der Waals surface area contributed by atoms with Gasteiger partial charge in [0.15, 0.2) is 11.2 Å². The van der Waals surface area contributed by atoms with E-state index in [9.17, 15) is 52.7 Å². The van der Waals surface area contributed by atoms with Gasteiger partial charge in [-0.1, -0.05) is 0 Å². The molecule has 3 aliphatic heterocycles. The van der Waals surface area contributed by atoms with Crippen LogP contribution in [-0.4, -0.2) is 115 Å². The molecule has 0 spiro atoms. The number of fused-ring (bicyclic) bond motifs is 1. The van der Waals surface area contributed by atoms with Gasteiger partial charge in [0.2, 0.25) is 5.95 Å². The van der Waals surface area contributed by atoms with Gasteiger partial charge < -0.3 is 40.6 Å². The first-order valence-corrected chi connectivity index (χ1v) is 22.0. The van der Waals surface area contributed by atoms with Gasteiger partial charge in [0.05, 0.1) is 25.6 Å². The molecule has 3 fully saturated rings. The highest BCUT2D eigenvalue weighted by atomic mass is 31.2. The zero-order chi connectivity index (χ0) is 44.0. The quantitative estimate of drug-likeness (QED) is 0.0580. The summed E-state index contributed by atoms with van der Waals surface area (Å²) in [6.07, 6.45) is -8.81. The second-order valence-corrected chi connectivity index (χ2v) is 17.4. The molecule has 32 heteroatoms. The lowest BCUT2D eigenvalue weighted by atomic mass is 10.2. The van der Waals surface area contributed by atoms with Crippen molar-refractivity contribution in [2.75, 3.05) is 31.3 Å². The van der Waals surface area contributed by atoms with E-state index in [0.29, 0.717) is 0 Å². The first-order chi connectivity index (χ1) is 28.8. The number of nitrogens with two attached hydrogens (primary N) is 2. The molecule has 61 heavy (non-hydrogen) atoms. The van der Waals surface area contributed by atoms with Crippen LogP contribution >= 0.6 is 23.9 Å². The Labute approximate surface area is 340 Å². The van der Waals surface area contributed by atoms with Gasteiger partial charge in [-0.3, -0.25) is 51.4 Å². The number of hydrogen-bond donors (Lipinski definition) is 8. The van der Waals surface area contributed by atoms with Crippen LogP contribution in [-0.2, 0) is 50.5 Å². The molecule has 0 saturated carbocycles. The molecule has 0 bridgehead atoms. The maximum Gasteiger partial charge on any atom is 0.694 e. The minimum absolute atomic E-state index is 0.0205. The number of imidazole rings is 1. The Balaban J connectivity index is 1.05. The molecule has 0 aromatic carbocycles. The number of anilines is 2. The molecule has 0 radical (unpaired) electrons. The van der Waals surface area contributed by atoms with Gasteiger partial charge in [-0.15, -0.1) is 9.42 Å². The molecule has 10 N–H and O–H groups in total. The Morgan fingerprint density at radius 3 is 2.08 bits per heavy atom. The summed E-state index contributed by atoms with van der Waals surface area (Å²) < 4.78 is 84.8. The first-order valence-electron chi connectivity index (χ1n) is 17.9. The molecule has 3 saturated heterocycles. The molecular formula is C29H38N10O19P3+. The van der Waals surface area contributed by atoms with E-state index in [-0.39, 0.29) is 41.3 Å². The van der Waals surface area contributed by atoms with E-state index in [0.717, 1.165) is 15.3 Å².